The average Bonchev–Trinajstić information content (AvgIpc) is 2.27. The lowest BCUT2D eigenvalue weighted by Crippen LogP contribution is -2.54. The third-order valence-corrected chi connectivity index (χ3v) is 3.01. The maximum absolute atomic E-state index is 11.8. The molecule has 6 nitrogen and oxygen atoms in total. The summed E-state index contributed by atoms with van der Waals surface area (Å²) in [7, 11) is 3.03. The summed E-state index contributed by atoms with van der Waals surface area (Å²) < 4.78 is 4.74. The number of amides is 2. The molecule has 17 heavy (non-hydrogen) atoms. The zero-order valence-electron chi connectivity index (χ0n) is 11.1. The van der Waals surface area contributed by atoms with Gasteiger partial charge in [-0.3, -0.25) is 0 Å². The molecule has 1 unspecified atom stereocenters. The van der Waals surface area contributed by atoms with Gasteiger partial charge in [-0.2, -0.15) is 0 Å². The first kappa shape index (κ1) is 15.7. The molecule has 0 heterocycles. The fourth-order valence-electron chi connectivity index (χ4n) is 1.10. The summed E-state index contributed by atoms with van der Waals surface area (Å²) in [4.78, 5) is 24.2. The van der Waals surface area contributed by atoms with Gasteiger partial charge in [0.2, 0.25) is 0 Å². The topological polar surface area (TPSA) is 78.9 Å². The summed E-state index contributed by atoms with van der Waals surface area (Å²) in [5, 5.41) is 11.3. The van der Waals surface area contributed by atoms with Crippen LogP contribution < -0.4 is 5.32 Å². The van der Waals surface area contributed by atoms with Gasteiger partial charge in [-0.05, 0) is 20.3 Å². The van der Waals surface area contributed by atoms with Crippen molar-refractivity contribution in [1.29, 1.82) is 0 Å². The van der Waals surface area contributed by atoms with Gasteiger partial charge in [0.05, 0.1) is 6.61 Å². The number of carbonyl (C=O) groups excluding carboxylic acids is 1. The highest BCUT2D eigenvalue weighted by Gasteiger charge is 2.28. The molecule has 0 aromatic heterocycles. The highest BCUT2D eigenvalue weighted by atomic mass is 16.5. The molecule has 0 saturated carbocycles. The number of hydrogen-bond donors (Lipinski definition) is 2. The van der Waals surface area contributed by atoms with Crippen LogP contribution in [0, 0.1) is 0 Å². The first-order valence-corrected chi connectivity index (χ1v) is 5.52. The van der Waals surface area contributed by atoms with Crippen LogP contribution in [0.2, 0.25) is 0 Å². The molecule has 0 radical (unpaired) electrons. The number of hydrogen-bond acceptors (Lipinski definition) is 3. The van der Waals surface area contributed by atoms with E-state index in [1.807, 2.05) is 20.8 Å². The van der Waals surface area contributed by atoms with Crippen molar-refractivity contribution in [1.82, 2.24) is 10.2 Å². The van der Waals surface area contributed by atoms with E-state index in [9.17, 15) is 9.59 Å². The lowest BCUT2D eigenvalue weighted by molar-refractivity contribution is -0.140. The summed E-state index contributed by atoms with van der Waals surface area (Å²) in [5.41, 5.74) is -0.319. The summed E-state index contributed by atoms with van der Waals surface area (Å²) in [6.07, 6.45) is 0.777. The van der Waals surface area contributed by atoms with E-state index in [0.29, 0.717) is 0 Å². The quantitative estimate of drug-likeness (QED) is 0.730. The lowest BCUT2D eigenvalue weighted by atomic mass is 10.0. The van der Waals surface area contributed by atoms with Crippen molar-refractivity contribution < 1.29 is 19.4 Å². The van der Waals surface area contributed by atoms with Gasteiger partial charge in [0.15, 0.2) is 6.04 Å². The standard InChI is InChI=1S/C11H22N2O4/c1-6-11(2,3)13(4)10(16)12-8(7-17-5)9(14)15/h8H,6-7H2,1-5H3,(H,12,16)(H,14,15). The molecule has 0 aliphatic rings. The first-order chi connectivity index (χ1) is 7.76. The maximum atomic E-state index is 11.8. The van der Waals surface area contributed by atoms with E-state index in [1.165, 1.54) is 12.0 Å². The average molecular weight is 246 g/mol. The molecule has 0 bridgehead atoms. The van der Waals surface area contributed by atoms with Crippen molar-refractivity contribution in [2.24, 2.45) is 0 Å². The monoisotopic (exact) mass is 246 g/mol. The Balaban J connectivity index is 4.56. The number of urea groups is 1. The largest absolute Gasteiger partial charge is 0.480 e. The molecule has 0 aromatic carbocycles. The van der Waals surface area contributed by atoms with Gasteiger partial charge in [-0.15, -0.1) is 0 Å². The van der Waals surface area contributed by atoms with Crippen molar-refractivity contribution in [2.45, 2.75) is 38.8 Å². The molecule has 0 fully saturated rings. The first-order valence-electron chi connectivity index (χ1n) is 5.52. The Labute approximate surface area is 102 Å². The molecule has 2 amide bonds. The van der Waals surface area contributed by atoms with Gasteiger partial charge in [-0.1, -0.05) is 6.92 Å². The molecule has 0 aromatic rings. The Morgan fingerprint density at radius 3 is 2.35 bits per heavy atom. The third-order valence-electron chi connectivity index (χ3n) is 3.01. The molecule has 0 aliphatic carbocycles. The Kier molecular flexibility index (Phi) is 5.95. The number of carboxylic acid groups (broad SMARTS) is 1. The van der Waals surface area contributed by atoms with Crippen LogP contribution in [0.3, 0.4) is 0 Å². The maximum Gasteiger partial charge on any atom is 0.328 e. The zero-order chi connectivity index (χ0) is 13.6. The van der Waals surface area contributed by atoms with Crippen LogP contribution >= 0.6 is 0 Å². The van der Waals surface area contributed by atoms with Gasteiger partial charge >= 0.3 is 12.0 Å². The number of carbonyl (C=O) groups is 2. The number of nitrogens with one attached hydrogen (secondary N) is 1. The second kappa shape index (κ2) is 6.44. The van der Waals surface area contributed by atoms with Gasteiger partial charge in [0.25, 0.3) is 0 Å². The van der Waals surface area contributed by atoms with E-state index in [-0.39, 0.29) is 12.1 Å². The second-order valence-corrected chi connectivity index (χ2v) is 4.52. The van der Waals surface area contributed by atoms with Gasteiger partial charge in [0, 0.05) is 19.7 Å². The number of carboxylic acids is 1. The summed E-state index contributed by atoms with van der Waals surface area (Å²) in [6.45, 7) is 5.74. The lowest BCUT2D eigenvalue weighted by Gasteiger charge is -2.35. The van der Waals surface area contributed by atoms with Gasteiger partial charge in [0.1, 0.15) is 0 Å². The van der Waals surface area contributed by atoms with E-state index in [2.05, 4.69) is 5.32 Å². The molecule has 6 heteroatoms. The number of aliphatic carboxylic acids is 1. The predicted octanol–water partition coefficient (Wildman–Crippen LogP) is 0.916. The molecule has 2 N–H and O–H groups in total. The molecular weight excluding hydrogens is 224 g/mol. The Hall–Kier alpha value is -1.30. The highest BCUT2D eigenvalue weighted by Crippen LogP contribution is 2.16. The minimum absolute atomic E-state index is 0.0541. The van der Waals surface area contributed by atoms with E-state index in [4.69, 9.17) is 9.84 Å². The molecule has 100 valence electrons. The van der Waals surface area contributed by atoms with Gasteiger partial charge < -0.3 is 20.1 Å². The normalized spacial score (nSPS) is 13.0. The van der Waals surface area contributed by atoms with Crippen LogP contribution in [0.1, 0.15) is 27.2 Å². The number of nitrogens with zero attached hydrogens (tertiary/aromatic N) is 1. The van der Waals surface area contributed by atoms with E-state index >= 15 is 0 Å². The van der Waals surface area contributed by atoms with Crippen LogP contribution in [-0.2, 0) is 9.53 Å². The number of ether oxygens (including phenoxy) is 1. The van der Waals surface area contributed by atoms with E-state index in [1.54, 1.807) is 7.05 Å². The minimum Gasteiger partial charge on any atom is -0.480 e. The fraction of sp³-hybridized carbons (Fsp3) is 0.818. The zero-order valence-corrected chi connectivity index (χ0v) is 11.1. The van der Waals surface area contributed by atoms with Crippen LogP contribution in [-0.4, -0.2) is 54.4 Å². The molecule has 0 rings (SSSR count). The SMILES string of the molecule is CCC(C)(C)N(C)C(=O)NC(COC)C(=O)O. The summed E-state index contributed by atoms with van der Waals surface area (Å²) >= 11 is 0. The third kappa shape index (κ3) is 4.60. The highest BCUT2D eigenvalue weighted by molar-refractivity contribution is 5.82. The Bertz CT molecular complexity index is 279. The van der Waals surface area contributed by atoms with Crippen molar-refractivity contribution in [3.8, 4) is 0 Å². The van der Waals surface area contributed by atoms with Crippen LogP contribution in [0.5, 0.6) is 0 Å². The van der Waals surface area contributed by atoms with Crippen molar-refractivity contribution in [3.63, 3.8) is 0 Å². The fourth-order valence-corrected chi connectivity index (χ4v) is 1.10. The van der Waals surface area contributed by atoms with Crippen molar-refractivity contribution in [3.05, 3.63) is 0 Å². The predicted molar refractivity (Wildman–Crippen MR) is 64.0 cm³/mol. The van der Waals surface area contributed by atoms with Crippen LogP contribution in [0.4, 0.5) is 4.79 Å². The Morgan fingerprint density at radius 2 is 2.00 bits per heavy atom. The second-order valence-electron chi connectivity index (χ2n) is 4.52. The Morgan fingerprint density at radius 1 is 1.47 bits per heavy atom. The molecule has 1 atom stereocenters. The molecule has 0 spiro atoms. The van der Waals surface area contributed by atoms with Crippen LogP contribution in [0.15, 0.2) is 0 Å². The molecule has 0 saturated heterocycles. The van der Waals surface area contributed by atoms with Crippen molar-refractivity contribution in [2.75, 3.05) is 20.8 Å². The number of methoxy groups -OCH3 is 1. The van der Waals surface area contributed by atoms with E-state index < -0.39 is 18.0 Å². The van der Waals surface area contributed by atoms with Crippen molar-refractivity contribution >= 4 is 12.0 Å². The molecular formula is C11H22N2O4. The minimum atomic E-state index is -1.11. The van der Waals surface area contributed by atoms with Crippen LogP contribution in [0.25, 0.3) is 0 Å². The van der Waals surface area contributed by atoms with Gasteiger partial charge in [-0.25, -0.2) is 9.59 Å². The molecule has 0 aliphatic heterocycles. The smallest absolute Gasteiger partial charge is 0.328 e. The number of rotatable bonds is 6. The summed E-state index contributed by atoms with van der Waals surface area (Å²) in [6, 6.07) is -1.44. The van der Waals surface area contributed by atoms with E-state index in [0.717, 1.165) is 6.42 Å². The summed E-state index contributed by atoms with van der Waals surface area (Å²) in [5.74, 6) is -1.11.